The van der Waals surface area contributed by atoms with Crippen LogP contribution in [0.1, 0.15) is 0 Å². The molecule has 0 radical (unpaired) electrons. The molecule has 0 unspecified atom stereocenters. The van der Waals surface area contributed by atoms with Crippen molar-refractivity contribution in [3.8, 4) is 0 Å². The van der Waals surface area contributed by atoms with E-state index in [2.05, 4.69) is 10.2 Å². The second-order valence-corrected chi connectivity index (χ2v) is 2.52. The fourth-order valence-electron chi connectivity index (χ4n) is 1.11. The van der Waals surface area contributed by atoms with Crippen LogP contribution in [-0.2, 0) is 0 Å². The van der Waals surface area contributed by atoms with Crippen molar-refractivity contribution < 1.29 is 8.78 Å². The first kappa shape index (κ1) is 7.85. The van der Waals surface area contributed by atoms with Gasteiger partial charge in [0.2, 0.25) is 0 Å². The van der Waals surface area contributed by atoms with Crippen LogP contribution in [0.3, 0.4) is 0 Å². The van der Waals surface area contributed by atoms with Crippen LogP contribution >= 0.6 is 0 Å². The van der Waals surface area contributed by atoms with Crippen LogP contribution in [0.5, 0.6) is 0 Å². The Morgan fingerprint density at radius 1 is 1.23 bits per heavy atom. The molecule has 0 atom stereocenters. The number of fused-ring (bicyclic) bond motifs is 1. The highest BCUT2D eigenvalue weighted by Gasteiger charge is 2.08. The number of aromatic nitrogens is 2. The normalized spacial score (nSPS) is 10.6. The Balaban J connectivity index is 3.03. The predicted octanol–water partition coefficient (Wildman–Crippen LogP) is 1.20. The van der Waals surface area contributed by atoms with Gasteiger partial charge in [0.1, 0.15) is 0 Å². The molecule has 3 nitrogen and oxygen atoms in total. The van der Waals surface area contributed by atoms with Gasteiger partial charge in [-0.05, 0) is 12.1 Å². The Morgan fingerprint density at radius 3 is 2.77 bits per heavy atom. The quantitative estimate of drug-likeness (QED) is 0.665. The zero-order valence-electron chi connectivity index (χ0n) is 6.34. The van der Waals surface area contributed by atoms with E-state index in [4.69, 9.17) is 0 Å². The topological polar surface area (TPSA) is 45.8 Å². The molecule has 1 heterocycles. The van der Waals surface area contributed by atoms with Crippen molar-refractivity contribution in [1.29, 1.82) is 0 Å². The van der Waals surface area contributed by atoms with Crippen LogP contribution < -0.4 is 5.56 Å². The number of H-pyrrole nitrogens is 1. The van der Waals surface area contributed by atoms with E-state index in [-0.39, 0.29) is 10.8 Å². The molecule has 13 heavy (non-hydrogen) atoms. The van der Waals surface area contributed by atoms with Gasteiger partial charge in [-0.3, -0.25) is 4.79 Å². The summed E-state index contributed by atoms with van der Waals surface area (Å²) in [5.41, 5.74) is -0.531. The van der Waals surface area contributed by atoms with E-state index in [1.165, 1.54) is 6.07 Å². The summed E-state index contributed by atoms with van der Waals surface area (Å²) in [6.07, 6.45) is 1.08. The van der Waals surface area contributed by atoms with Gasteiger partial charge < -0.3 is 0 Å². The average Bonchev–Trinajstić information content (AvgIpc) is 2.12. The summed E-state index contributed by atoms with van der Waals surface area (Å²) in [4.78, 5) is 11.0. The van der Waals surface area contributed by atoms with Gasteiger partial charge in [-0.1, -0.05) is 0 Å². The number of hydrogen-bond acceptors (Lipinski definition) is 2. The van der Waals surface area contributed by atoms with Crippen LogP contribution in [0.15, 0.2) is 23.1 Å². The van der Waals surface area contributed by atoms with Crippen LogP contribution in [-0.4, -0.2) is 10.2 Å². The molecule has 0 spiro atoms. The average molecular weight is 182 g/mol. The second-order valence-electron chi connectivity index (χ2n) is 2.52. The molecule has 0 bridgehead atoms. The molecule has 2 rings (SSSR count). The molecule has 5 heteroatoms. The lowest BCUT2D eigenvalue weighted by molar-refractivity contribution is 0.516. The first-order valence-corrected chi connectivity index (χ1v) is 3.51. The third-order valence-electron chi connectivity index (χ3n) is 1.74. The number of halogens is 2. The Bertz CT molecular complexity index is 521. The maximum atomic E-state index is 13.0. The number of rotatable bonds is 0. The molecule has 0 saturated carbocycles. The Morgan fingerprint density at radius 2 is 2.00 bits per heavy atom. The van der Waals surface area contributed by atoms with Crippen molar-refractivity contribution in [3.05, 3.63) is 40.3 Å². The van der Waals surface area contributed by atoms with E-state index < -0.39 is 17.2 Å². The maximum absolute atomic E-state index is 13.0. The fraction of sp³-hybridized carbons (Fsp3) is 0. The van der Waals surface area contributed by atoms with Crippen LogP contribution in [0.25, 0.3) is 10.8 Å². The lowest BCUT2D eigenvalue weighted by Crippen LogP contribution is -2.08. The molecule has 0 aliphatic heterocycles. The highest BCUT2D eigenvalue weighted by Crippen LogP contribution is 2.15. The molecule has 66 valence electrons. The number of aromatic amines is 1. The zero-order chi connectivity index (χ0) is 9.42. The lowest BCUT2D eigenvalue weighted by Gasteiger charge is -1.97. The molecule has 1 aromatic carbocycles. The Kier molecular flexibility index (Phi) is 1.58. The fourth-order valence-corrected chi connectivity index (χ4v) is 1.11. The SMILES string of the molecule is O=c1[nH]ncc2c(F)c(F)ccc12. The largest absolute Gasteiger partial charge is 0.272 e. The number of nitrogens with one attached hydrogen (secondary N) is 1. The molecular formula is C8H4F2N2O. The molecule has 0 amide bonds. The molecule has 0 saturated heterocycles. The Labute approximate surface area is 71.0 Å². The monoisotopic (exact) mass is 182 g/mol. The van der Waals surface area contributed by atoms with Gasteiger partial charge in [-0.25, -0.2) is 13.9 Å². The predicted molar refractivity (Wildman–Crippen MR) is 42.3 cm³/mol. The minimum atomic E-state index is -1.05. The Hall–Kier alpha value is -1.78. The number of nitrogens with zero attached hydrogens (tertiary/aromatic N) is 1. The van der Waals surface area contributed by atoms with Crippen molar-refractivity contribution in [2.45, 2.75) is 0 Å². The summed E-state index contributed by atoms with van der Waals surface area (Å²) in [7, 11) is 0. The van der Waals surface area contributed by atoms with E-state index in [0.29, 0.717) is 0 Å². The zero-order valence-corrected chi connectivity index (χ0v) is 6.34. The van der Waals surface area contributed by atoms with Gasteiger partial charge in [0.05, 0.1) is 11.6 Å². The third-order valence-corrected chi connectivity index (χ3v) is 1.74. The van der Waals surface area contributed by atoms with Gasteiger partial charge in [0.15, 0.2) is 11.6 Å². The van der Waals surface area contributed by atoms with E-state index >= 15 is 0 Å². The molecule has 1 aromatic heterocycles. The van der Waals surface area contributed by atoms with Crippen molar-refractivity contribution >= 4 is 10.8 Å². The van der Waals surface area contributed by atoms with Gasteiger partial charge in [0, 0.05) is 5.39 Å². The highest BCUT2D eigenvalue weighted by atomic mass is 19.2. The summed E-state index contributed by atoms with van der Waals surface area (Å²) in [5.74, 6) is -2.03. The van der Waals surface area contributed by atoms with Gasteiger partial charge in [-0.2, -0.15) is 5.10 Å². The molecular weight excluding hydrogens is 178 g/mol. The standard InChI is InChI=1S/C8H4F2N2O/c9-6-2-1-4-5(7(6)10)3-11-12-8(4)13/h1-3H,(H,12,13). The van der Waals surface area contributed by atoms with Crippen molar-refractivity contribution in [1.82, 2.24) is 10.2 Å². The van der Waals surface area contributed by atoms with Crippen LogP contribution in [0.2, 0.25) is 0 Å². The second kappa shape index (κ2) is 2.62. The lowest BCUT2D eigenvalue weighted by atomic mass is 10.2. The first-order valence-electron chi connectivity index (χ1n) is 3.51. The molecule has 2 aromatic rings. The van der Waals surface area contributed by atoms with Gasteiger partial charge in [0.25, 0.3) is 5.56 Å². The van der Waals surface area contributed by atoms with Crippen LogP contribution in [0, 0.1) is 11.6 Å². The van der Waals surface area contributed by atoms with Crippen molar-refractivity contribution in [2.24, 2.45) is 0 Å². The maximum Gasteiger partial charge on any atom is 0.272 e. The highest BCUT2D eigenvalue weighted by molar-refractivity contribution is 5.81. The number of hydrogen-bond donors (Lipinski definition) is 1. The number of benzene rings is 1. The summed E-state index contributed by atoms with van der Waals surface area (Å²) < 4.78 is 25.7. The smallest absolute Gasteiger partial charge is 0.267 e. The first-order chi connectivity index (χ1) is 6.20. The molecule has 0 aliphatic rings. The van der Waals surface area contributed by atoms with Gasteiger partial charge >= 0.3 is 0 Å². The van der Waals surface area contributed by atoms with Crippen molar-refractivity contribution in [2.75, 3.05) is 0 Å². The summed E-state index contributed by atoms with van der Waals surface area (Å²) in [6.45, 7) is 0. The molecule has 1 N–H and O–H groups in total. The van der Waals surface area contributed by atoms with E-state index in [0.717, 1.165) is 12.3 Å². The third kappa shape index (κ3) is 1.09. The molecule has 0 aliphatic carbocycles. The van der Waals surface area contributed by atoms with E-state index in [9.17, 15) is 13.6 Å². The summed E-state index contributed by atoms with van der Waals surface area (Å²) in [5, 5.41) is 5.48. The van der Waals surface area contributed by atoms with E-state index in [1.807, 2.05) is 0 Å². The minimum Gasteiger partial charge on any atom is -0.267 e. The summed E-state index contributed by atoms with van der Waals surface area (Å²) in [6, 6.07) is 2.13. The van der Waals surface area contributed by atoms with Crippen LogP contribution in [0.4, 0.5) is 8.78 Å². The molecule has 0 fully saturated rings. The van der Waals surface area contributed by atoms with Gasteiger partial charge in [-0.15, -0.1) is 0 Å². The van der Waals surface area contributed by atoms with E-state index in [1.54, 1.807) is 0 Å². The summed E-state index contributed by atoms with van der Waals surface area (Å²) >= 11 is 0. The minimum absolute atomic E-state index is 0.0916. The van der Waals surface area contributed by atoms with Crippen molar-refractivity contribution in [3.63, 3.8) is 0 Å².